The maximum atomic E-state index is 12.4. The van der Waals surface area contributed by atoms with Crippen molar-refractivity contribution in [1.29, 1.82) is 0 Å². The van der Waals surface area contributed by atoms with Crippen molar-refractivity contribution in [3.8, 4) is 10.4 Å². The summed E-state index contributed by atoms with van der Waals surface area (Å²) in [6, 6.07) is 12.7. The van der Waals surface area contributed by atoms with E-state index in [0.717, 1.165) is 41.7 Å². The van der Waals surface area contributed by atoms with Crippen LogP contribution in [0.2, 0.25) is 0 Å². The molecule has 0 radical (unpaired) electrons. The Morgan fingerprint density at radius 3 is 2.50 bits per heavy atom. The predicted octanol–water partition coefficient (Wildman–Crippen LogP) is 3.73. The molecule has 1 N–H and O–H groups in total. The van der Waals surface area contributed by atoms with Gasteiger partial charge in [-0.2, -0.15) is 0 Å². The maximum absolute atomic E-state index is 12.4. The number of anilines is 1. The molecule has 5 rings (SSSR count). The van der Waals surface area contributed by atoms with Gasteiger partial charge in [0.05, 0.1) is 10.6 Å². The lowest BCUT2D eigenvalue weighted by Gasteiger charge is -2.32. The van der Waals surface area contributed by atoms with Crippen LogP contribution in [0.15, 0.2) is 42.7 Å². The van der Waals surface area contributed by atoms with Gasteiger partial charge in [0.25, 0.3) is 0 Å². The number of nitrogens with one attached hydrogen (secondary N) is 1. The molecule has 3 aromatic rings. The zero-order valence-electron chi connectivity index (χ0n) is 15.4. The number of fused-ring (bicyclic) bond motifs is 1. The second kappa shape index (κ2) is 7.09. The van der Waals surface area contributed by atoms with E-state index in [2.05, 4.69) is 33.5 Å². The average Bonchev–Trinajstić information content (AvgIpc) is 3.49. The van der Waals surface area contributed by atoms with Crippen molar-refractivity contribution in [3.05, 3.63) is 42.7 Å². The number of nitrogens with zero attached hydrogens (tertiary/aromatic N) is 3. The number of thiophene rings is 1. The molecule has 1 saturated carbocycles. The van der Waals surface area contributed by atoms with Crippen LogP contribution in [0.1, 0.15) is 25.7 Å². The molecule has 2 aliphatic rings. The Morgan fingerprint density at radius 2 is 1.79 bits per heavy atom. The highest BCUT2D eigenvalue weighted by Crippen LogP contribution is 2.36. The second-order valence-electron chi connectivity index (χ2n) is 7.48. The van der Waals surface area contributed by atoms with Gasteiger partial charge >= 0.3 is 0 Å². The normalized spacial score (nSPS) is 19.1. The second-order valence-corrected chi connectivity index (χ2v) is 10.7. The van der Waals surface area contributed by atoms with Gasteiger partial charge in [0.1, 0.15) is 17.0 Å². The van der Waals surface area contributed by atoms with Gasteiger partial charge in [-0.3, -0.25) is 0 Å². The molecule has 28 heavy (non-hydrogen) atoms. The molecule has 1 aliphatic carbocycles. The van der Waals surface area contributed by atoms with Crippen LogP contribution in [0, 0.1) is 0 Å². The molecule has 1 saturated heterocycles. The highest BCUT2D eigenvalue weighted by atomic mass is 32.2. The van der Waals surface area contributed by atoms with E-state index in [1.54, 1.807) is 22.0 Å². The third kappa shape index (κ3) is 3.40. The third-order valence-electron chi connectivity index (χ3n) is 5.49. The summed E-state index contributed by atoms with van der Waals surface area (Å²) in [6.45, 7) is 1.17. The van der Waals surface area contributed by atoms with Crippen LogP contribution in [0.4, 0.5) is 5.82 Å². The summed E-state index contributed by atoms with van der Waals surface area (Å²) in [5, 5.41) is 4.44. The fourth-order valence-electron chi connectivity index (χ4n) is 3.74. The number of benzene rings is 1. The Morgan fingerprint density at radius 1 is 1.04 bits per heavy atom. The molecule has 6 nitrogen and oxygen atoms in total. The van der Waals surface area contributed by atoms with Gasteiger partial charge < -0.3 is 5.32 Å². The molecule has 0 unspecified atom stereocenters. The molecular formula is C20H22N4O2S2. The summed E-state index contributed by atoms with van der Waals surface area (Å²) < 4.78 is 26.5. The van der Waals surface area contributed by atoms with Crippen molar-refractivity contribution < 1.29 is 8.42 Å². The van der Waals surface area contributed by atoms with E-state index in [9.17, 15) is 8.42 Å². The summed E-state index contributed by atoms with van der Waals surface area (Å²) in [5.74, 6) is 0.840. The lowest BCUT2D eigenvalue weighted by Crippen LogP contribution is -2.43. The summed E-state index contributed by atoms with van der Waals surface area (Å²) in [7, 11) is -3.07. The molecule has 0 bridgehead atoms. The van der Waals surface area contributed by atoms with Crippen molar-refractivity contribution in [1.82, 2.24) is 14.3 Å². The standard InChI is InChI=1S/C20H22N4O2S2/c25-28(26,16-6-7-16)24-10-8-15(9-11-24)23-19-17-12-18(14-4-2-1-3-5-14)27-20(17)22-13-21-19/h1-5,12-13,15-16H,6-11H2,(H,21,22,23). The minimum Gasteiger partial charge on any atom is -0.367 e. The highest BCUT2D eigenvalue weighted by Gasteiger charge is 2.41. The van der Waals surface area contributed by atoms with Gasteiger partial charge in [0.15, 0.2) is 0 Å². The summed E-state index contributed by atoms with van der Waals surface area (Å²) in [6.07, 6.45) is 4.84. The Bertz CT molecular complexity index is 1090. The Hall–Kier alpha value is -2.03. The molecule has 2 fully saturated rings. The van der Waals surface area contributed by atoms with Crippen LogP contribution >= 0.6 is 11.3 Å². The molecule has 1 aromatic carbocycles. The summed E-state index contributed by atoms with van der Waals surface area (Å²) in [5.41, 5.74) is 1.18. The first kappa shape index (κ1) is 18.0. The smallest absolute Gasteiger partial charge is 0.216 e. The van der Waals surface area contributed by atoms with E-state index in [4.69, 9.17) is 0 Å². The molecule has 2 aromatic heterocycles. The molecule has 0 amide bonds. The zero-order chi connectivity index (χ0) is 19.1. The Balaban J connectivity index is 1.33. The van der Waals surface area contributed by atoms with Gasteiger partial charge in [-0.05, 0) is 37.3 Å². The maximum Gasteiger partial charge on any atom is 0.216 e. The SMILES string of the molecule is O=S(=O)(C1CC1)N1CCC(Nc2ncnc3sc(-c4ccccc4)cc23)CC1. The van der Waals surface area contributed by atoms with Gasteiger partial charge in [-0.15, -0.1) is 11.3 Å². The quantitative estimate of drug-likeness (QED) is 0.689. The third-order valence-corrected chi connectivity index (χ3v) is 8.98. The number of hydrogen-bond acceptors (Lipinski definition) is 6. The lowest BCUT2D eigenvalue weighted by molar-refractivity contribution is 0.329. The first-order valence-corrected chi connectivity index (χ1v) is 12.0. The fourth-order valence-corrected chi connectivity index (χ4v) is 6.62. The fraction of sp³-hybridized carbons (Fsp3) is 0.400. The van der Waals surface area contributed by atoms with Crippen LogP contribution in [0.25, 0.3) is 20.7 Å². The lowest BCUT2D eigenvalue weighted by atomic mass is 10.1. The van der Waals surface area contributed by atoms with Gasteiger partial charge in [0.2, 0.25) is 10.0 Å². The van der Waals surface area contributed by atoms with Crippen LogP contribution in [0.5, 0.6) is 0 Å². The van der Waals surface area contributed by atoms with E-state index in [0.29, 0.717) is 13.1 Å². The Kier molecular flexibility index (Phi) is 4.57. The molecule has 3 heterocycles. The van der Waals surface area contributed by atoms with Gasteiger partial charge in [0, 0.05) is 24.0 Å². The van der Waals surface area contributed by atoms with E-state index >= 15 is 0 Å². The molecule has 0 atom stereocenters. The van der Waals surface area contributed by atoms with E-state index in [-0.39, 0.29) is 11.3 Å². The average molecular weight is 415 g/mol. The zero-order valence-corrected chi connectivity index (χ0v) is 17.0. The van der Waals surface area contributed by atoms with Crippen LogP contribution in [-0.4, -0.2) is 47.1 Å². The Labute approximate surface area is 168 Å². The first-order chi connectivity index (χ1) is 13.6. The minimum absolute atomic E-state index is 0.124. The number of rotatable bonds is 5. The molecule has 0 spiro atoms. The molecule has 146 valence electrons. The molecular weight excluding hydrogens is 392 g/mol. The molecule has 8 heteroatoms. The van der Waals surface area contributed by atoms with E-state index in [1.807, 2.05) is 18.2 Å². The van der Waals surface area contributed by atoms with Crippen LogP contribution < -0.4 is 5.32 Å². The van der Waals surface area contributed by atoms with Crippen molar-refractivity contribution in [2.24, 2.45) is 0 Å². The van der Waals surface area contributed by atoms with Gasteiger partial charge in [-0.1, -0.05) is 30.3 Å². The van der Waals surface area contributed by atoms with E-state index < -0.39 is 10.0 Å². The van der Waals surface area contributed by atoms with Crippen molar-refractivity contribution >= 4 is 37.4 Å². The summed E-state index contributed by atoms with van der Waals surface area (Å²) >= 11 is 1.66. The van der Waals surface area contributed by atoms with E-state index in [1.165, 1.54) is 10.4 Å². The molecule has 1 aliphatic heterocycles. The van der Waals surface area contributed by atoms with Crippen LogP contribution in [-0.2, 0) is 10.0 Å². The monoisotopic (exact) mass is 414 g/mol. The highest BCUT2D eigenvalue weighted by molar-refractivity contribution is 7.90. The largest absolute Gasteiger partial charge is 0.367 e. The number of hydrogen-bond donors (Lipinski definition) is 1. The number of sulfonamides is 1. The first-order valence-electron chi connectivity index (χ1n) is 9.67. The van der Waals surface area contributed by atoms with Gasteiger partial charge in [-0.25, -0.2) is 22.7 Å². The summed E-state index contributed by atoms with van der Waals surface area (Å²) in [4.78, 5) is 11.0. The van der Waals surface area contributed by atoms with Crippen LogP contribution in [0.3, 0.4) is 0 Å². The number of piperidine rings is 1. The minimum atomic E-state index is -3.07. The van der Waals surface area contributed by atoms with Crippen molar-refractivity contribution in [2.45, 2.75) is 37.0 Å². The number of aromatic nitrogens is 2. The van der Waals surface area contributed by atoms with Crippen molar-refractivity contribution in [3.63, 3.8) is 0 Å². The predicted molar refractivity (Wildman–Crippen MR) is 113 cm³/mol. The van der Waals surface area contributed by atoms with Crippen molar-refractivity contribution in [2.75, 3.05) is 18.4 Å². The topological polar surface area (TPSA) is 75.2 Å².